The van der Waals surface area contributed by atoms with E-state index >= 15 is 0 Å². The first-order valence-corrected chi connectivity index (χ1v) is 6.50. The van der Waals surface area contributed by atoms with Gasteiger partial charge in [0, 0.05) is 0 Å². The number of aliphatic imine (C=N–C) groups is 1. The van der Waals surface area contributed by atoms with Crippen LogP contribution in [0, 0.1) is 5.41 Å². The molecule has 1 unspecified atom stereocenters. The van der Waals surface area contributed by atoms with Crippen LogP contribution in [0.1, 0.15) is 19.8 Å². The summed E-state index contributed by atoms with van der Waals surface area (Å²) in [6.07, 6.45) is 2.02. The summed E-state index contributed by atoms with van der Waals surface area (Å²) < 4.78 is 0. The first-order chi connectivity index (χ1) is 6.20. The lowest BCUT2D eigenvalue weighted by atomic mass is 10.1. The Kier molecular flexibility index (Phi) is 14.4. The second-order valence-corrected chi connectivity index (χ2v) is 2.89. The normalized spacial score (nSPS) is 11.2. The molecule has 0 aromatic rings. The summed E-state index contributed by atoms with van der Waals surface area (Å²) in [5.74, 6) is 0. The maximum atomic E-state index is 6.69. The van der Waals surface area contributed by atoms with Crippen molar-refractivity contribution in [2.75, 3.05) is 25.6 Å². The summed E-state index contributed by atoms with van der Waals surface area (Å²) in [5, 5.41) is 6.69. The van der Waals surface area contributed by atoms with Gasteiger partial charge in [-0.1, -0.05) is 29.5 Å². The van der Waals surface area contributed by atoms with Crippen molar-refractivity contribution in [2.45, 2.75) is 25.8 Å². The number of halogens is 1. The number of nitrogens with one attached hydrogen (secondary N) is 1. The Morgan fingerprint density at radius 2 is 2.00 bits per heavy atom. The number of nitrogens with zero attached hydrogens (tertiary/aromatic N) is 2. The van der Waals surface area contributed by atoms with Crippen LogP contribution in [0.4, 0.5) is 0 Å². The molecular formula is C9H20IN3. The molecule has 78 valence electrons. The predicted molar refractivity (Wildman–Crippen MR) is 67.3 cm³/mol. The van der Waals surface area contributed by atoms with Crippen LogP contribution in [0.2, 0.25) is 0 Å². The first-order valence-electron chi connectivity index (χ1n) is 4.34. The maximum absolute atomic E-state index is 6.69. The Labute approximate surface area is 95.3 Å². The molecule has 1 atom stereocenters. The monoisotopic (exact) mass is 297 g/mol. The summed E-state index contributed by atoms with van der Waals surface area (Å²) in [5.41, 5.74) is 0. The molecule has 0 aromatic heterocycles. The second kappa shape index (κ2) is 12.1. The number of rotatable bonds is 5. The Morgan fingerprint density at radius 3 is 2.31 bits per heavy atom. The van der Waals surface area contributed by atoms with Crippen LogP contribution < -0.4 is 0 Å². The summed E-state index contributed by atoms with van der Waals surface area (Å²) >= 11 is 2.15. The molecule has 0 heterocycles. The van der Waals surface area contributed by atoms with E-state index in [2.05, 4.69) is 45.4 Å². The summed E-state index contributed by atoms with van der Waals surface area (Å²) in [6.45, 7) is 3.12. The molecule has 3 nitrogen and oxygen atoms in total. The minimum absolute atomic E-state index is 0.287. The molecule has 0 saturated heterocycles. The molecule has 0 aliphatic heterocycles. The van der Waals surface area contributed by atoms with E-state index in [0.29, 0.717) is 0 Å². The van der Waals surface area contributed by atoms with Gasteiger partial charge in [0.05, 0.1) is 12.1 Å². The SMILES string of the molecule is CCC(CCN(C)C)N=C=N.CI. The van der Waals surface area contributed by atoms with E-state index in [9.17, 15) is 0 Å². The quantitative estimate of drug-likeness (QED) is 0.473. The fourth-order valence-corrected chi connectivity index (χ4v) is 0.858. The van der Waals surface area contributed by atoms with Gasteiger partial charge in [0.15, 0.2) is 0 Å². The van der Waals surface area contributed by atoms with Crippen molar-refractivity contribution in [3.05, 3.63) is 0 Å². The molecule has 0 amide bonds. The van der Waals surface area contributed by atoms with Crippen molar-refractivity contribution < 1.29 is 0 Å². The standard InChI is InChI=1S/C8H17N3.CH3I/c1-4-8(10-7-9)5-6-11(2)3;1-2/h8-9H,4-6H2,1-3H3;1H3. The van der Waals surface area contributed by atoms with E-state index in [1.54, 1.807) is 0 Å². The van der Waals surface area contributed by atoms with Crippen LogP contribution in [0.25, 0.3) is 0 Å². The van der Waals surface area contributed by atoms with Gasteiger partial charge in [0.2, 0.25) is 0 Å². The second-order valence-electron chi connectivity index (χ2n) is 2.89. The highest BCUT2D eigenvalue weighted by molar-refractivity contribution is 14.1. The smallest absolute Gasteiger partial charge is 0.0864 e. The van der Waals surface area contributed by atoms with Gasteiger partial charge in [0.25, 0.3) is 0 Å². The molecule has 0 bridgehead atoms. The zero-order valence-corrected chi connectivity index (χ0v) is 11.1. The van der Waals surface area contributed by atoms with E-state index in [-0.39, 0.29) is 6.04 Å². The van der Waals surface area contributed by atoms with Gasteiger partial charge in [-0.15, -0.1) is 0 Å². The van der Waals surface area contributed by atoms with Gasteiger partial charge in [-0.05, 0) is 38.4 Å². The zero-order valence-electron chi connectivity index (χ0n) is 8.97. The zero-order chi connectivity index (χ0) is 10.7. The van der Waals surface area contributed by atoms with Crippen molar-refractivity contribution in [1.29, 1.82) is 5.41 Å². The molecule has 0 fully saturated rings. The van der Waals surface area contributed by atoms with Gasteiger partial charge < -0.3 is 4.90 Å². The van der Waals surface area contributed by atoms with Gasteiger partial charge in [-0.3, -0.25) is 0 Å². The topological polar surface area (TPSA) is 39.5 Å². The van der Waals surface area contributed by atoms with Crippen molar-refractivity contribution in [3.63, 3.8) is 0 Å². The van der Waals surface area contributed by atoms with Crippen molar-refractivity contribution in [1.82, 2.24) is 4.90 Å². The highest BCUT2D eigenvalue weighted by Crippen LogP contribution is 2.01. The summed E-state index contributed by atoms with van der Waals surface area (Å²) in [4.78, 5) is 8.00. The lowest BCUT2D eigenvalue weighted by Gasteiger charge is -2.12. The molecule has 1 N–H and O–H groups in total. The average molecular weight is 297 g/mol. The predicted octanol–water partition coefficient (Wildman–Crippen LogP) is 2.52. The largest absolute Gasteiger partial charge is 0.309 e. The average Bonchev–Trinajstić information content (AvgIpc) is 2.15. The highest BCUT2D eigenvalue weighted by atomic mass is 127. The molecule has 0 aliphatic carbocycles. The number of alkyl halides is 1. The van der Waals surface area contributed by atoms with E-state index in [4.69, 9.17) is 5.41 Å². The Bertz CT molecular complexity index is 142. The van der Waals surface area contributed by atoms with Crippen molar-refractivity contribution in [2.24, 2.45) is 4.99 Å². The fraction of sp³-hybridized carbons (Fsp3) is 0.889. The van der Waals surface area contributed by atoms with Crippen LogP contribution in [-0.4, -0.2) is 42.5 Å². The van der Waals surface area contributed by atoms with Crippen LogP contribution in [-0.2, 0) is 0 Å². The lowest BCUT2D eigenvalue weighted by Crippen LogP contribution is -2.17. The Hall–Kier alpha value is 0.0700. The number of hydrogen-bond acceptors (Lipinski definition) is 3. The van der Waals surface area contributed by atoms with Gasteiger partial charge in [-0.25, -0.2) is 10.4 Å². The molecule has 0 saturated carbocycles. The van der Waals surface area contributed by atoms with Crippen molar-refractivity contribution in [3.8, 4) is 0 Å². The molecule has 4 heteroatoms. The van der Waals surface area contributed by atoms with Gasteiger partial charge in [-0.2, -0.15) is 0 Å². The van der Waals surface area contributed by atoms with E-state index in [1.165, 1.54) is 0 Å². The van der Waals surface area contributed by atoms with Crippen LogP contribution in [0.3, 0.4) is 0 Å². The third-order valence-corrected chi connectivity index (χ3v) is 1.63. The van der Waals surface area contributed by atoms with E-state index in [1.807, 2.05) is 19.0 Å². The highest BCUT2D eigenvalue weighted by Gasteiger charge is 2.02. The molecule has 0 aliphatic rings. The molecule has 0 aromatic carbocycles. The van der Waals surface area contributed by atoms with Crippen LogP contribution >= 0.6 is 22.6 Å². The lowest BCUT2D eigenvalue weighted by molar-refractivity contribution is 0.378. The third kappa shape index (κ3) is 12.1. The summed E-state index contributed by atoms with van der Waals surface area (Å²) in [7, 11) is 4.09. The fourth-order valence-electron chi connectivity index (χ4n) is 0.858. The van der Waals surface area contributed by atoms with E-state index < -0.39 is 0 Å². The van der Waals surface area contributed by atoms with Crippen LogP contribution in [0.15, 0.2) is 4.99 Å². The minimum Gasteiger partial charge on any atom is -0.309 e. The van der Waals surface area contributed by atoms with Crippen LogP contribution in [0.5, 0.6) is 0 Å². The molecule has 13 heavy (non-hydrogen) atoms. The minimum atomic E-state index is 0.287. The molecule has 0 radical (unpaired) electrons. The molecule has 0 spiro atoms. The maximum Gasteiger partial charge on any atom is 0.0864 e. The third-order valence-electron chi connectivity index (χ3n) is 1.63. The first kappa shape index (κ1) is 15.5. The van der Waals surface area contributed by atoms with Gasteiger partial charge in [0.1, 0.15) is 0 Å². The summed E-state index contributed by atoms with van der Waals surface area (Å²) in [6, 6.07) is 2.39. The molecular weight excluding hydrogens is 277 g/mol. The molecule has 0 rings (SSSR count). The number of hydrogen-bond donors (Lipinski definition) is 1. The van der Waals surface area contributed by atoms with Gasteiger partial charge >= 0.3 is 0 Å². The van der Waals surface area contributed by atoms with Crippen molar-refractivity contribution >= 4 is 28.6 Å². The Balaban J connectivity index is 0. The Morgan fingerprint density at radius 1 is 1.46 bits per heavy atom. The van der Waals surface area contributed by atoms with E-state index in [0.717, 1.165) is 19.4 Å².